The van der Waals surface area contributed by atoms with Gasteiger partial charge in [0.25, 0.3) is 5.91 Å². The van der Waals surface area contributed by atoms with Crippen LogP contribution >= 0.6 is 0 Å². The van der Waals surface area contributed by atoms with Crippen LogP contribution in [0.2, 0.25) is 0 Å². The lowest BCUT2D eigenvalue weighted by atomic mass is 10.0. The average molecular weight is 419 g/mol. The van der Waals surface area contributed by atoms with Crippen molar-refractivity contribution in [1.82, 2.24) is 24.2 Å². The van der Waals surface area contributed by atoms with Gasteiger partial charge in [0, 0.05) is 49.5 Å². The number of rotatable bonds is 3. The molecule has 0 unspecified atom stereocenters. The van der Waals surface area contributed by atoms with Gasteiger partial charge in [-0.1, -0.05) is 18.2 Å². The highest BCUT2D eigenvalue weighted by atomic mass is 19.1. The smallest absolute Gasteiger partial charge is 0.256 e. The van der Waals surface area contributed by atoms with Crippen LogP contribution in [0, 0.1) is 5.82 Å². The largest absolute Gasteiger partial charge is 0.377 e. The number of nitrogens with zero attached hydrogens (tertiary/aromatic N) is 5. The second kappa shape index (κ2) is 7.63. The first kappa shape index (κ1) is 19.4. The summed E-state index contributed by atoms with van der Waals surface area (Å²) in [6.45, 7) is 1.08. The molecule has 0 radical (unpaired) electrons. The molecule has 4 aromatic rings. The lowest BCUT2D eigenvalue weighted by Crippen LogP contribution is -2.43. The number of hydrogen-bond donors (Lipinski definition) is 0. The van der Waals surface area contributed by atoms with E-state index in [1.54, 1.807) is 40.2 Å². The minimum Gasteiger partial charge on any atom is -0.377 e. The fourth-order valence-electron chi connectivity index (χ4n) is 4.14. The second-order valence-electron chi connectivity index (χ2n) is 7.73. The number of aromatic nitrogens is 4. The number of carbonyl (C=O) groups is 1. The highest BCUT2D eigenvalue weighted by molar-refractivity contribution is 6.06. The Bertz CT molecular complexity index is 1280. The fraction of sp³-hybridized carbons (Fsp3) is 0.261. The van der Waals surface area contributed by atoms with Crippen molar-refractivity contribution in [2.75, 3.05) is 19.8 Å². The Kier molecular flexibility index (Phi) is 4.78. The van der Waals surface area contributed by atoms with Gasteiger partial charge in [-0.3, -0.25) is 9.48 Å². The molecule has 31 heavy (non-hydrogen) atoms. The topological polar surface area (TPSA) is 65.2 Å². The van der Waals surface area contributed by atoms with Crippen molar-refractivity contribution < 1.29 is 13.9 Å². The third-order valence-electron chi connectivity index (χ3n) is 5.71. The van der Waals surface area contributed by atoms with Crippen LogP contribution in [0.15, 0.2) is 55.0 Å². The number of carbonyl (C=O) groups excluding carboxylic acids is 1. The predicted molar refractivity (Wildman–Crippen MR) is 114 cm³/mol. The van der Waals surface area contributed by atoms with Crippen LogP contribution in [0.25, 0.3) is 22.3 Å². The molecule has 1 aliphatic heterocycles. The number of fused-ring (bicyclic) bond motifs is 1. The Morgan fingerprint density at radius 2 is 2.00 bits per heavy atom. The minimum absolute atomic E-state index is 0.155. The van der Waals surface area contributed by atoms with Crippen LogP contribution in [0.1, 0.15) is 22.0 Å². The second-order valence-corrected chi connectivity index (χ2v) is 7.73. The Morgan fingerprint density at radius 3 is 2.77 bits per heavy atom. The predicted octanol–water partition coefficient (Wildman–Crippen LogP) is 3.33. The van der Waals surface area contributed by atoms with Gasteiger partial charge in [-0.05, 0) is 18.2 Å². The van der Waals surface area contributed by atoms with Gasteiger partial charge in [-0.15, -0.1) is 0 Å². The SMILES string of the molecule is Cn1cc(-c2ccc3c(C(=O)N4CCOC[C@@H]4c4ccccc4F)cn(C)c3n2)cn1. The molecule has 4 heterocycles. The highest BCUT2D eigenvalue weighted by Crippen LogP contribution is 2.31. The number of aryl methyl sites for hydroxylation is 2. The first-order valence-corrected chi connectivity index (χ1v) is 10.1. The van der Waals surface area contributed by atoms with Crippen LogP contribution in [0.5, 0.6) is 0 Å². The van der Waals surface area contributed by atoms with E-state index in [0.717, 1.165) is 16.6 Å². The third kappa shape index (κ3) is 3.38. The van der Waals surface area contributed by atoms with E-state index in [4.69, 9.17) is 9.72 Å². The summed E-state index contributed by atoms with van der Waals surface area (Å²) in [4.78, 5) is 20.0. The Morgan fingerprint density at radius 1 is 1.16 bits per heavy atom. The zero-order valence-corrected chi connectivity index (χ0v) is 17.3. The number of amides is 1. The summed E-state index contributed by atoms with van der Waals surface area (Å²) >= 11 is 0. The van der Waals surface area contributed by atoms with E-state index >= 15 is 0 Å². The quantitative estimate of drug-likeness (QED) is 0.511. The number of ether oxygens (including phenoxy) is 1. The zero-order valence-electron chi connectivity index (χ0n) is 17.3. The average Bonchev–Trinajstić information content (AvgIpc) is 3.37. The normalized spacial score (nSPS) is 16.7. The van der Waals surface area contributed by atoms with Crippen LogP contribution < -0.4 is 0 Å². The molecule has 1 atom stereocenters. The van der Waals surface area contributed by atoms with Gasteiger partial charge in [0.15, 0.2) is 0 Å². The van der Waals surface area contributed by atoms with E-state index in [9.17, 15) is 9.18 Å². The number of hydrogen-bond acceptors (Lipinski definition) is 4. The van der Waals surface area contributed by atoms with E-state index < -0.39 is 6.04 Å². The number of benzene rings is 1. The fourth-order valence-corrected chi connectivity index (χ4v) is 4.14. The molecule has 0 bridgehead atoms. The van der Waals surface area contributed by atoms with Gasteiger partial charge in [0.1, 0.15) is 11.5 Å². The molecule has 158 valence electrons. The molecule has 0 aliphatic carbocycles. The molecule has 7 nitrogen and oxygen atoms in total. The third-order valence-corrected chi connectivity index (χ3v) is 5.71. The molecule has 5 rings (SSSR count). The molecule has 0 saturated carbocycles. The molecule has 1 saturated heterocycles. The van der Waals surface area contributed by atoms with Gasteiger partial charge in [0.05, 0.1) is 36.7 Å². The summed E-state index contributed by atoms with van der Waals surface area (Å²) in [5, 5.41) is 4.96. The highest BCUT2D eigenvalue weighted by Gasteiger charge is 2.32. The van der Waals surface area contributed by atoms with Gasteiger partial charge in [-0.25, -0.2) is 9.37 Å². The first-order chi connectivity index (χ1) is 15.0. The lowest BCUT2D eigenvalue weighted by molar-refractivity contribution is -0.00353. The van der Waals surface area contributed by atoms with Crippen molar-refractivity contribution in [2.45, 2.75) is 6.04 Å². The number of morpholine rings is 1. The molecule has 1 aliphatic rings. The van der Waals surface area contributed by atoms with Gasteiger partial charge in [0.2, 0.25) is 0 Å². The van der Waals surface area contributed by atoms with E-state index in [2.05, 4.69) is 5.10 Å². The van der Waals surface area contributed by atoms with Crippen molar-refractivity contribution in [3.8, 4) is 11.3 Å². The molecule has 1 aromatic carbocycles. The molecule has 3 aromatic heterocycles. The van der Waals surface area contributed by atoms with Gasteiger partial charge in [-0.2, -0.15) is 5.10 Å². The molecule has 0 N–H and O–H groups in total. The van der Waals surface area contributed by atoms with Crippen LogP contribution in [-0.2, 0) is 18.8 Å². The van der Waals surface area contributed by atoms with Crippen LogP contribution in [0.4, 0.5) is 4.39 Å². The Balaban J connectivity index is 1.53. The monoisotopic (exact) mass is 419 g/mol. The maximum absolute atomic E-state index is 14.5. The molecule has 1 fully saturated rings. The maximum Gasteiger partial charge on any atom is 0.256 e. The van der Waals surface area contributed by atoms with E-state index in [1.807, 2.05) is 37.0 Å². The Hall–Kier alpha value is -3.52. The van der Waals surface area contributed by atoms with Crippen molar-refractivity contribution in [1.29, 1.82) is 0 Å². The van der Waals surface area contributed by atoms with Crippen LogP contribution in [0.3, 0.4) is 0 Å². The summed E-state index contributed by atoms with van der Waals surface area (Å²) < 4.78 is 23.6. The van der Waals surface area contributed by atoms with Gasteiger partial charge < -0.3 is 14.2 Å². The summed E-state index contributed by atoms with van der Waals surface area (Å²) in [6.07, 6.45) is 5.45. The summed E-state index contributed by atoms with van der Waals surface area (Å²) in [5.74, 6) is -0.491. The van der Waals surface area contributed by atoms with Gasteiger partial charge >= 0.3 is 0 Å². The Labute approximate surface area is 178 Å². The first-order valence-electron chi connectivity index (χ1n) is 10.1. The molecule has 0 spiro atoms. The van der Waals surface area contributed by atoms with Crippen molar-refractivity contribution >= 4 is 16.9 Å². The van der Waals surface area contributed by atoms with E-state index in [-0.39, 0.29) is 18.3 Å². The summed E-state index contributed by atoms with van der Waals surface area (Å²) in [5.41, 5.74) is 3.42. The summed E-state index contributed by atoms with van der Waals surface area (Å²) in [7, 11) is 3.72. The lowest BCUT2D eigenvalue weighted by Gasteiger charge is -2.36. The molecular formula is C23H22FN5O2. The van der Waals surface area contributed by atoms with E-state index in [0.29, 0.717) is 29.9 Å². The van der Waals surface area contributed by atoms with Crippen molar-refractivity contribution in [3.05, 3.63) is 71.9 Å². The summed E-state index contributed by atoms with van der Waals surface area (Å²) in [6, 6.07) is 9.87. The van der Waals surface area contributed by atoms with E-state index in [1.165, 1.54) is 6.07 Å². The van der Waals surface area contributed by atoms with Crippen LogP contribution in [-0.4, -0.2) is 49.9 Å². The standard InChI is InChI=1S/C23H22FN5O2/c1-27-13-18(16-7-8-20(26-22(16)27)15-11-25-28(2)12-15)23(30)29-9-10-31-14-21(29)17-5-3-4-6-19(17)24/h3-8,11-13,21H,9-10,14H2,1-2H3/t21-/m1/s1. The molecular weight excluding hydrogens is 397 g/mol. The van der Waals surface area contributed by atoms with Crippen molar-refractivity contribution in [2.24, 2.45) is 14.1 Å². The zero-order chi connectivity index (χ0) is 21.5. The maximum atomic E-state index is 14.5. The molecule has 1 amide bonds. The molecule has 8 heteroatoms. The number of halogens is 1. The van der Waals surface area contributed by atoms with Crippen molar-refractivity contribution in [3.63, 3.8) is 0 Å². The number of pyridine rings is 1. The minimum atomic E-state index is -0.472.